The second-order valence-electron chi connectivity index (χ2n) is 14.2. The first kappa shape index (κ1) is 37.5. The summed E-state index contributed by atoms with van der Waals surface area (Å²) in [6, 6.07) is 30.3. The number of carbonyl (C=O) groups excluding carboxylic acids is 2. The molecule has 0 saturated carbocycles. The molecule has 0 fully saturated rings. The van der Waals surface area contributed by atoms with Crippen molar-refractivity contribution in [3.8, 4) is 5.75 Å². The molecule has 0 N–H and O–H groups in total. The van der Waals surface area contributed by atoms with E-state index in [0.717, 1.165) is 80.6 Å². The van der Waals surface area contributed by atoms with E-state index in [-0.39, 0.29) is 11.9 Å². The van der Waals surface area contributed by atoms with Gasteiger partial charge in [-0.15, -0.1) is 0 Å². The van der Waals surface area contributed by atoms with Crippen molar-refractivity contribution in [3.05, 3.63) is 124 Å². The molecule has 6 rings (SSSR count). The number of benzene rings is 5. The Morgan fingerprint density at radius 3 is 2.25 bits per heavy atom. The van der Waals surface area contributed by atoms with Crippen molar-refractivity contribution in [2.75, 3.05) is 13.7 Å². The number of hydrogen-bond donors (Lipinski definition) is 0. The third-order valence-corrected chi connectivity index (χ3v) is 10.2. The van der Waals surface area contributed by atoms with Crippen molar-refractivity contribution in [2.24, 2.45) is 11.1 Å². The van der Waals surface area contributed by atoms with Crippen molar-refractivity contribution in [1.29, 1.82) is 0 Å². The lowest BCUT2D eigenvalue weighted by atomic mass is 9.92. The van der Waals surface area contributed by atoms with E-state index >= 15 is 0 Å². The molecule has 53 heavy (non-hydrogen) atoms. The number of unbranched alkanes of at least 4 members (excludes halogenated alkanes) is 1. The van der Waals surface area contributed by atoms with Crippen LogP contribution in [-0.4, -0.2) is 41.9 Å². The van der Waals surface area contributed by atoms with Gasteiger partial charge < -0.3 is 18.9 Å². The van der Waals surface area contributed by atoms with Gasteiger partial charge in [-0.1, -0.05) is 92.9 Å². The molecule has 0 radical (unpaired) electrons. The highest BCUT2D eigenvalue weighted by Gasteiger charge is 2.24. The monoisotopic (exact) mass is 710 g/mol. The maximum absolute atomic E-state index is 14.7. The van der Waals surface area contributed by atoms with Crippen LogP contribution in [0.5, 0.6) is 5.75 Å². The van der Waals surface area contributed by atoms with Crippen LogP contribution in [0.1, 0.15) is 91.6 Å². The molecule has 1 heterocycles. The SMILES string of the molecule is CCCCC(CC)Cn1c2ccc(/C(=N\OC(C)=O)c3ccccc3C)cc2c2cc(C(=O)c3ccc(OC(C)COC)cc3C)c3ccccc3c21. The van der Waals surface area contributed by atoms with Crippen LogP contribution in [0.15, 0.2) is 96.2 Å². The lowest BCUT2D eigenvalue weighted by Gasteiger charge is -2.19. The van der Waals surface area contributed by atoms with Crippen LogP contribution in [-0.2, 0) is 20.9 Å². The first-order chi connectivity index (χ1) is 25.6. The molecule has 6 aromatic rings. The van der Waals surface area contributed by atoms with Crippen LogP contribution in [0.25, 0.3) is 32.6 Å². The minimum atomic E-state index is -0.486. The number of nitrogens with zero attached hydrogens (tertiary/aromatic N) is 2. The lowest BCUT2D eigenvalue weighted by molar-refractivity contribution is -0.140. The Balaban J connectivity index is 1.60. The van der Waals surface area contributed by atoms with Crippen molar-refractivity contribution in [3.63, 3.8) is 0 Å². The molecule has 0 spiro atoms. The minimum Gasteiger partial charge on any atom is -0.488 e. The molecule has 5 aromatic carbocycles. The molecule has 2 unspecified atom stereocenters. The Labute approximate surface area is 312 Å². The summed E-state index contributed by atoms with van der Waals surface area (Å²) in [5.74, 6) is 0.672. The van der Waals surface area contributed by atoms with Crippen molar-refractivity contribution in [1.82, 2.24) is 4.57 Å². The molecular weight excluding hydrogens is 661 g/mol. The second kappa shape index (κ2) is 16.6. The molecule has 0 bridgehead atoms. The molecule has 1 aromatic heterocycles. The molecular formula is C46H50N2O5. The Morgan fingerprint density at radius 2 is 1.55 bits per heavy atom. The number of ether oxygens (including phenoxy) is 2. The maximum atomic E-state index is 14.7. The fourth-order valence-corrected chi connectivity index (χ4v) is 7.48. The number of oxime groups is 1. The minimum absolute atomic E-state index is 0.0412. The summed E-state index contributed by atoms with van der Waals surface area (Å²) >= 11 is 0. The highest BCUT2D eigenvalue weighted by molar-refractivity contribution is 6.27. The summed E-state index contributed by atoms with van der Waals surface area (Å²) in [4.78, 5) is 31.9. The lowest BCUT2D eigenvalue weighted by Crippen LogP contribution is -2.18. The zero-order valence-electron chi connectivity index (χ0n) is 32.0. The normalized spacial score (nSPS) is 13.1. The largest absolute Gasteiger partial charge is 0.488 e. The van der Waals surface area contributed by atoms with E-state index in [1.165, 1.54) is 13.3 Å². The first-order valence-electron chi connectivity index (χ1n) is 18.8. The van der Waals surface area contributed by atoms with Crippen LogP contribution in [0, 0.1) is 19.8 Å². The van der Waals surface area contributed by atoms with Gasteiger partial charge in [0.25, 0.3) is 0 Å². The molecule has 0 aliphatic carbocycles. The summed E-state index contributed by atoms with van der Waals surface area (Å²) in [6.45, 7) is 13.1. The summed E-state index contributed by atoms with van der Waals surface area (Å²) in [6.07, 6.45) is 4.44. The standard InChI is InChI=1S/C46H50N2O5/c1-8-10-16-33(9-2)27-48-43-23-20-34(44(47-53-32(6)49)36-17-12-11-15-29(36)3)25-40(43)41-26-42(38-18-13-14-19-39(38)45(41)48)46(50)37-22-21-35(24-30(37)4)52-31(5)28-51-7/h11-15,17-26,31,33H,8-10,16,27-28H2,1-7H3/b47-44+. The van der Waals surface area contributed by atoms with Crippen LogP contribution in [0.3, 0.4) is 0 Å². The van der Waals surface area contributed by atoms with E-state index in [0.29, 0.717) is 35.1 Å². The van der Waals surface area contributed by atoms with Gasteiger partial charge in [0, 0.05) is 64.5 Å². The highest BCUT2D eigenvalue weighted by Crippen LogP contribution is 2.39. The number of aromatic nitrogens is 1. The Bertz CT molecular complexity index is 2320. The fourth-order valence-electron chi connectivity index (χ4n) is 7.48. The molecule has 0 aliphatic rings. The van der Waals surface area contributed by atoms with Crippen molar-refractivity contribution < 1.29 is 23.9 Å². The smallest absolute Gasteiger partial charge is 0.332 e. The van der Waals surface area contributed by atoms with Crippen LogP contribution in [0.4, 0.5) is 0 Å². The number of carbonyl (C=O) groups is 2. The van der Waals surface area contributed by atoms with Gasteiger partial charge in [0.15, 0.2) is 5.78 Å². The number of fused-ring (bicyclic) bond motifs is 5. The predicted molar refractivity (Wildman–Crippen MR) is 215 cm³/mol. The van der Waals surface area contributed by atoms with Crippen LogP contribution >= 0.6 is 0 Å². The van der Waals surface area contributed by atoms with Crippen molar-refractivity contribution >= 4 is 50.0 Å². The molecule has 2 atom stereocenters. The van der Waals surface area contributed by atoms with Gasteiger partial charge in [0.1, 0.15) is 17.6 Å². The summed E-state index contributed by atoms with van der Waals surface area (Å²) in [5, 5.41) is 8.35. The van der Waals surface area contributed by atoms with E-state index < -0.39 is 5.97 Å². The summed E-state index contributed by atoms with van der Waals surface area (Å²) < 4.78 is 13.7. The second-order valence-corrected chi connectivity index (χ2v) is 14.2. The third-order valence-electron chi connectivity index (χ3n) is 10.2. The number of hydrogen-bond acceptors (Lipinski definition) is 6. The molecule has 274 valence electrons. The molecule has 0 amide bonds. The fraction of sp³-hybridized carbons (Fsp3) is 0.326. The third kappa shape index (κ3) is 7.91. The molecule has 0 saturated heterocycles. The summed E-state index contributed by atoms with van der Waals surface area (Å²) in [5.41, 5.74) is 7.61. The van der Waals surface area contributed by atoms with E-state index in [9.17, 15) is 9.59 Å². The number of rotatable bonds is 15. The number of ketones is 1. The van der Waals surface area contributed by atoms with E-state index in [4.69, 9.17) is 14.3 Å². The topological polar surface area (TPSA) is 79.1 Å². The van der Waals surface area contributed by atoms with Gasteiger partial charge >= 0.3 is 5.97 Å². The van der Waals surface area contributed by atoms with E-state index in [1.54, 1.807) is 7.11 Å². The summed E-state index contributed by atoms with van der Waals surface area (Å²) in [7, 11) is 1.65. The van der Waals surface area contributed by atoms with Gasteiger partial charge in [-0.3, -0.25) is 4.79 Å². The zero-order valence-corrected chi connectivity index (χ0v) is 32.0. The average molecular weight is 711 g/mol. The van der Waals surface area contributed by atoms with Crippen LogP contribution < -0.4 is 4.74 Å². The maximum Gasteiger partial charge on any atom is 0.332 e. The number of methoxy groups -OCH3 is 1. The molecule has 0 aliphatic heterocycles. The van der Waals surface area contributed by atoms with E-state index in [1.807, 2.05) is 69.3 Å². The Morgan fingerprint density at radius 1 is 0.792 bits per heavy atom. The zero-order chi connectivity index (χ0) is 37.6. The van der Waals surface area contributed by atoms with Gasteiger partial charge in [0.2, 0.25) is 0 Å². The quantitative estimate of drug-likeness (QED) is 0.0459. The van der Waals surface area contributed by atoms with E-state index in [2.05, 4.69) is 66.0 Å². The Kier molecular flexibility index (Phi) is 11.7. The number of aryl methyl sites for hydroxylation is 2. The molecule has 7 heteroatoms. The van der Waals surface area contributed by atoms with Crippen LogP contribution in [0.2, 0.25) is 0 Å². The van der Waals surface area contributed by atoms with Gasteiger partial charge in [-0.05, 0) is 86.0 Å². The molecule has 7 nitrogen and oxygen atoms in total. The van der Waals surface area contributed by atoms with Gasteiger partial charge in [-0.2, -0.15) is 0 Å². The predicted octanol–water partition coefficient (Wildman–Crippen LogP) is 10.7. The first-order valence-corrected chi connectivity index (χ1v) is 18.8. The highest BCUT2D eigenvalue weighted by atomic mass is 16.7. The van der Waals surface area contributed by atoms with Crippen molar-refractivity contribution in [2.45, 2.75) is 79.9 Å². The Hall–Kier alpha value is -5.27. The van der Waals surface area contributed by atoms with Gasteiger partial charge in [-0.25, -0.2) is 4.79 Å². The average Bonchev–Trinajstić information content (AvgIpc) is 3.46. The van der Waals surface area contributed by atoms with Gasteiger partial charge in [0.05, 0.1) is 12.1 Å².